The van der Waals surface area contributed by atoms with Crippen molar-refractivity contribution in [3.05, 3.63) is 51.2 Å². The molecule has 1 aromatic carbocycles. The van der Waals surface area contributed by atoms with E-state index >= 15 is 0 Å². The molecule has 1 aromatic heterocycles. The third kappa shape index (κ3) is 3.36. The molecule has 110 valence electrons. The monoisotopic (exact) mass is 368 g/mol. The van der Waals surface area contributed by atoms with Crippen LogP contribution in [0.5, 0.6) is 5.75 Å². The van der Waals surface area contributed by atoms with Crippen LogP contribution >= 0.6 is 27.5 Å². The number of phenolic OH excluding ortho intramolecular Hbond substituents is 1. The molecule has 21 heavy (non-hydrogen) atoms. The molecule has 1 heterocycles. The summed E-state index contributed by atoms with van der Waals surface area (Å²) in [6.45, 7) is 4.19. The van der Waals surface area contributed by atoms with Gasteiger partial charge in [0.15, 0.2) is 0 Å². The average Bonchev–Trinajstić information content (AvgIpc) is 2.46. The van der Waals surface area contributed by atoms with E-state index in [0.29, 0.717) is 22.3 Å². The zero-order valence-electron chi connectivity index (χ0n) is 11.6. The Morgan fingerprint density at radius 3 is 2.81 bits per heavy atom. The molecular weight excluding hydrogens is 356 g/mol. The van der Waals surface area contributed by atoms with Crippen LogP contribution in [0.1, 0.15) is 22.8 Å². The number of amides is 1. The zero-order chi connectivity index (χ0) is 15.6. The SMILES string of the molecule is CCN(C(=O)c1cc(Br)cnc1Cl)c1cc(O)ccc1C. The number of phenols is 1. The molecule has 6 heteroatoms. The minimum absolute atomic E-state index is 0.111. The number of rotatable bonds is 3. The number of aromatic nitrogens is 1. The number of aryl methyl sites for hydroxylation is 1. The first-order chi connectivity index (χ1) is 9.93. The number of benzene rings is 1. The highest BCUT2D eigenvalue weighted by atomic mass is 79.9. The van der Waals surface area contributed by atoms with Gasteiger partial charge in [-0.3, -0.25) is 4.79 Å². The summed E-state index contributed by atoms with van der Waals surface area (Å²) in [5, 5.41) is 9.80. The molecule has 0 atom stereocenters. The maximum atomic E-state index is 12.7. The lowest BCUT2D eigenvalue weighted by molar-refractivity contribution is 0.0988. The van der Waals surface area contributed by atoms with Crippen LogP contribution in [0.4, 0.5) is 5.69 Å². The van der Waals surface area contributed by atoms with Crippen LogP contribution in [-0.4, -0.2) is 22.5 Å². The van der Waals surface area contributed by atoms with Gasteiger partial charge < -0.3 is 10.0 Å². The summed E-state index contributed by atoms with van der Waals surface area (Å²) in [5.41, 5.74) is 1.86. The summed E-state index contributed by atoms with van der Waals surface area (Å²) in [6, 6.07) is 6.56. The molecule has 1 N–H and O–H groups in total. The van der Waals surface area contributed by atoms with E-state index in [9.17, 15) is 9.90 Å². The lowest BCUT2D eigenvalue weighted by atomic mass is 10.1. The van der Waals surface area contributed by atoms with Crippen LogP contribution in [-0.2, 0) is 0 Å². The highest BCUT2D eigenvalue weighted by molar-refractivity contribution is 9.10. The van der Waals surface area contributed by atoms with Crippen molar-refractivity contribution < 1.29 is 9.90 Å². The van der Waals surface area contributed by atoms with E-state index in [-0.39, 0.29) is 16.8 Å². The first-order valence-corrected chi connectivity index (χ1v) is 7.53. The number of hydrogen-bond donors (Lipinski definition) is 1. The summed E-state index contributed by atoms with van der Waals surface area (Å²) in [5.74, 6) is -0.148. The second-order valence-electron chi connectivity index (χ2n) is 4.51. The number of pyridine rings is 1. The Kier molecular flexibility index (Phi) is 4.85. The Labute approximate surface area is 136 Å². The van der Waals surface area contributed by atoms with Crippen LogP contribution in [0.3, 0.4) is 0 Å². The molecule has 1 amide bonds. The first-order valence-electron chi connectivity index (χ1n) is 6.36. The molecule has 0 aliphatic carbocycles. The van der Waals surface area contributed by atoms with Gasteiger partial charge in [0.25, 0.3) is 5.91 Å². The second kappa shape index (κ2) is 6.45. The third-order valence-corrected chi connectivity index (χ3v) is 3.82. The number of aromatic hydroxyl groups is 1. The van der Waals surface area contributed by atoms with E-state index in [4.69, 9.17) is 11.6 Å². The number of nitrogens with zero attached hydrogens (tertiary/aromatic N) is 2. The molecule has 4 nitrogen and oxygen atoms in total. The predicted molar refractivity (Wildman–Crippen MR) is 87.1 cm³/mol. The molecule has 0 aliphatic heterocycles. The van der Waals surface area contributed by atoms with Gasteiger partial charge in [0, 0.05) is 23.3 Å². The minimum atomic E-state index is -0.259. The molecule has 2 rings (SSSR count). The molecule has 0 aliphatic rings. The smallest absolute Gasteiger partial charge is 0.261 e. The van der Waals surface area contributed by atoms with Crippen molar-refractivity contribution in [2.24, 2.45) is 0 Å². The summed E-state index contributed by atoms with van der Waals surface area (Å²) in [7, 11) is 0. The first kappa shape index (κ1) is 15.8. The van der Waals surface area contributed by atoms with Crippen molar-refractivity contribution >= 4 is 39.1 Å². The van der Waals surface area contributed by atoms with Crippen LogP contribution in [0.2, 0.25) is 5.15 Å². The summed E-state index contributed by atoms with van der Waals surface area (Å²) >= 11 is 9.31. The maximum Gasteiger partial charge on any atom is 0.261 e. The molecule has 2 aromatic rings. The van der Waals surface area contributed by atoms with Gasteiger partial charge in [0.05, 0.1) is 11.3 Å². The number of anilines is 1. The van der Waals surface area contributed by atoms with E-state index in [2.05, 4.69) is 20.9 Å². The molecule has 0 spiro atoms. The standard InChI is InChI=1S/C15H14BrClN2O2/c1-3-19(13-7-11(20)5-4-9(13)2)15(21)12-6-10(16)8-18-14(12)17/h4-8,20H,3H2,1-2H3. The van der Waals surface area contributed by atoms with E-state index < -0.39 is 0 Å². The fraction of sp³-hybridized carbons (Fsp3) is 0.200. The quantitative estimate of drug-likeness (QED) is 0.826. The van der Waals surface area contributed by atoms with Gasteiger partial charge in [-0.25, -0.2) is 4.98 Å². The number of hydrogen-bond acceptors (Lipinski definition) is 3. The third-order valence-electron chi connectivity index (χ3n) is 3.08. The van der Waals surface area contributed by atoms with Crippen molar-refractivity contribution in [1.29, 1.82) is 0 Å². The predicted octanol–water partition coefficient (Wildman–Crippen LogP) is 4.18. The van der Waals surface area contributed by atoms with E-state index in [1.54, 1.807) is 29.2 Å². The second-order valence-corrected chi connectivity index (χ2v) is 5.79. The van der Waals surface area contributed by atoms with Gasteiger partial charge >= 0.3 is 0 Å². The van der Waals surface area contributed by atoms with Gasteiger partial charge in [-0.1, -0.05) is 17.7 Å². The molecule has 0 unspecified atom stereocenters. The largest absolute Gasteiger partial charge is 0.508 e. The van der Waals surface area contributed by atoms with Crippen molar-refractivity contribution in [1.82, 2.24) is 4.98 Å². The molecule has 0 bridgehead atoms. The van der Waals surface area contributed by atoms with E-state index in [1.165, 1.54) is 6.20 Å². The fourth-order valence-corrected chi connectivity index (χ4v) is 2.55. The summed E-state index contributed by atoms with van der Waals surface area (Å²) < 4.78 is 0.680. The van der Waals surface area contributed by atoms with Crippen molar-refractivity contribution in [2.45, 2.75) is 13.8 Å². The van der Waals surface area contributed by atoms with Gasteiger partial charge in [-0.2, -0.15) is 0 Å². The van der Waals surface area contributed by atoms with E-state index in [0.717, 1.165) is 5.56 Å². The van der Waals surface area contributed by atoms with Crippen LogP contribution in [0.25, 0.3) is 0 Å². The highest BCUT2D eigenvalue weighted by Crippen LogP contribution is 2.28. The Balaban J connectivity index is 2.48. The number of halogens is 2. The fourth-order valence-electron chi connectivity index (χ4n) is 2.03. The highest BCUT2D eigenvalue weighted by Gasteiger charge is 2.21. The van der Waals surface area contributed by atoms with Crippen molar-refractivity contribution in [3.63, 3.8) is 0 Å². The number of carbonyl (C=O) groups excluding carboxylic acids is 1. The van der Waals surface area contributed by atoms with Crippen LogP contribution in [0.15, 0.2) is 34.9 Å². The maximum absolute atomic E-state index is 12.7. The van der Waals surface area contributed by atoms with Gasteiger partial charge in [-0.15, -0.1) is 0 Å². The zero-order valence-corrected chi connectivity index (χ0v) is 13.9. The molecule has 0 fully saturated rings. The minimum Gasteiger partial charge on any atom is -0.508 e. The van der Waals surface area contributed by atoms with E-state index in [1.807, 2.05) is 13.8 Å². The Hall–Kier alpha value is -1.59. The molecule has 0 saturated heterocycles. The normalized spacial score (nSPS) is 10.5. The van der Waals surface area contributed by atoms with Crippen LogP contribution in [0, 0.1) is 6.92 Å². The Bertz CT molecular complexity index is 691. The Morgan fingerprint density at radius 2 is 2.14 bits per heavy atom. The lowest BCUT2D eigenvalue weighted by Crippen LogP contribution is -2.31. The van der Waals surface area contributed by atoms with Gasteiger partial charge in [-0.05, 0) is 47.5 Å². The van der Waals surface area contributed by atoms with Gasteiger partial charge in [0.1, 0.15) is 10.9 Å². The summed E-state index contributed by atoms with van der Waals surface area (Å²) in [4.78, 5) is 18.2. The van der Waals surface area contributed by atoms with Gasteiger partial charge in [0.2, 0.25) is 0 Å². The molecular formula is C15H14BrClN2O2. The van der Waals surface area contributed by atoms with Crippen molar-refractivity contribution in [3.8, 4) is 5.75 Å². The topological polar surface area (TPSA) is 53.4 Å². The average molecular weight is 370 g/mol. The molecule has 0 radical (unpaired) electrons. The van der Waals surface area contributed by atoms with Crippen molar-refractivity contribution in [2.75, 3.05) is 11.4 Å². The van der Waals surface area contributed by atoms with Crippen LogP contribution < -0.4 is 4.90 Å². The lowest BCUT2D eigenvalue weighted by Gasteiger charge is -2.23. The summed E-state index contributed by atoms with van der Waals surface area (Å²) in [6.07, 6.45) is 1.54. The number of carbonyl (C=O) groups is 1. The Morgan fingerprint density at radius 1 is 1.43 bits per heavy atom. The molecule has 0 saturated carbocycles.